The number of tetrazole rings is 1. The van der Waals surface area contributed by atoms with E-state index in [1.165, 1.54) is 0 Å². The van der Waals surface area contributed by atoms with Crippen LogP contribution in [0.5, 0.6) is 0 Å². The Morgan fingerprint density at radius 3 is 2.84 bits per heavy atom. The van der Waals surface area contributed by atoms with Gasteiger partial charge in [0.25, 0.3) is 0 Å². The maximum atomic E-state index is 10.8. The van der Waals surface area contributed by atoms with Gasteiger partial charge in [0.1, 0.15) is 0 Å². The van der Waals surface area contributed by atoms with Crippen molar-refractivity contribution in [2.45, 2.75) is 32.7 Å². The van der Waals surface area contributed by atoms with E-state index in [1.54, 1.807) is 11.6 Å². The monoisotopic (exact) mass is 260 g/mol. The van der Waals surface area contributed by atoms with E-state index in [2.05, 4.69) is 22.4 Å². The molecule has 2 aromatic rings. The molecule has 2 rings (SSSR count). The molecule has 1 atom stereocenters. The molecule has 0 fully saturated rings. The predicted octanol–water partition coefficient (Wildman–Crippen LogP) is 1.94. The van der Waals surface area contributed by atoms with Crippen LogP contribution in [-0.4, -0.2) is 31.3 Å². The Bertz CT molecular complexity index is 580. The number of carbonyl (C=O) groups is 1. The number of nitrogens with zero attached hydrogens (tertiary/aromatic N) is 4. The smallest absolute Gasteiger partial charge is 0.305 e. The first-order chi connectivity index (χ1) is 9.13. The van der Waals surface area contributed by atoms with Gasteiger partial charge in [-0.1, -0.05) is 31.2 Å². The molecule has 1 aromatic carbocycles. The highest BCUT2D eigenvalue weighted by atomic mass is 16.4. The van der Waals surface area contributed by atoms with Crippen LogP contribution in [0, 0.1) is 0 Å². The Kier molecular flexibility index (Phi) is 3.89. The second-order valence-electron chi connectivity index (χ2n) is 4.40. The zero-order valence-electron chi connectivity index (χ0n) is 10.9. The zero-order valence-corrected chi connectivity index (χ0v) is 10.9. The first kappa shape index (κ1) is 13.2. The lowest BCUT2D eigenvalue weighted by molar-refractivity contribution is -0.137. The molecule has 1 unspecified atom stereocenters. The zero-order chi connectivity index (χ0) is 13.8. The van der Waals surface area contributed by atoms with Crippen molar-refractivity contribution in [3.63, 3.8) is 0 Å². The fraction of sp³-hybridized carbons (Fsp3) is 0.385. The molecule has 0 radical (unpaired) electrons. The minimum Gasteiger partial charge on any atom is -0.481 e. The van der Waals surface area contributed by atoms with Crippen LogP contribution in [0.3, 0.4) is 0 Å². The number of carboxylic acid groups (broad SMARTS) is 1. The summed E-state index contributed by atoms with van der Waals surface area (Å²) < 4.78 is 1.57. The maximum absolute atomic E-state index is 10.8. The molecule has 0 spiro atoms. The van der Waals surface area contributed by atoms with Gasteiger partial charge in [0, 0.05) is 5.56 Å². The first-order valence-electron chi connectivity index (χ1n) is 6.21. The van der Waals surface area contributed by atoms with Gasteiger partial charge in [-0.25, -0.2) is 4.68 Å². The third kappa shape index (κ3) is 2.78. The Morgan fingerprint density at radius 1 is 1.42 bits per heavy atom. The summed E-state index contributed by atoms with van der Waals surface area (Å²) in [5.41, 5.74) is 2.09. The van der Waals surface area contributed by atoms with Gasteiger partial charge in [0.15, 0.2) is 5.82 Å². The number of hydrogen-bond donors (Lipinski definition) is 1. The van der Waals surface area contributed by atoms with Crippen LogP contribution in [0.2, 0.25) is 0 Å². The van der Waals surface area contributed by atoms with E-state index in [0.29, 0.717) is 5.82 Å². The molecule has 0 aliphatic carbocycles. The van der Waals surface area contributed by atoms with Crippen LogP contribution >= 0.6 is 0 Å². The van der Waals surface area contributed by atoms with E-state index >= 15 is 0 Å². The van der Waals surface area contributed by atoms with Crippen LogP contribution in [-0.2, 0) is 11.2 Å². The van der Waals surface area contributed by atoms with Crippen molar-refractivity contribution >= 4 is 5.97 Å². The van der Waals surface area contributed by atoms with Gasteiger partial charge >= 0.3 is 5.97 Å². The molecule has 0 aliphatic rings. The fourth-order valence-electron chi connectivity index (χ4n) is 2.05. The SMILES string of the molecule is CCc1ccccc1-c1nnnn1C(C)CC(=O)O. The standard InChI is InChI=1S/C13H16N4O2/c1-3-10-6-4-5-7-11(10)13-14-15-16-17(13)9(2)8-12(18)19/h4-7,9H,3,8H2,1-2H3,(H,18,19). The minimum absolute atomic E-state index is 0.00761. The molecular weight excluding hydrogens is 244 g/mol. The number of benzene rings is 1. The molecule has 6 nitrogen and oxygen atoms in total. The van der Waals surface area contributed by atoms with Gasteiger partial charge in [0.05, 0.1) is 12.5 Å². The summed E-state index contributed by atoms with van der Waals surface area (Å²) in [5, 5.41) is 20.5. The summed E-state index contributed by atoms with van der Waals surface area (Å²) >= 11 is 0. The third-order valence-electron chi connectivity index (χ3n) is 3.02. The molecule has 0 saturated carbocycles. The molecule has 6 heteroatoms. The quantitative estimate of drug-likeness (QED) is 0.888. The minimum atomic E-state index is -0.863. The van der Waals surface area contributed by atoms with E-state index in [4.69, 9.17) is 5.11 Å². The number of aryl methyl sites for hydroxylation is 1. The number of aromatic nitrogens is 4. The topological polar surface area (TPSA) is 80.9 Å². The maximum Gasteiger partial charge on any atom is 0.305 e. The van der Waals surface area contributed by atoms with Gasteiger partial charge in [0.2, 0.25) is 0 Å². The second kappa shape index (κ2) is 5.60. The molecule has 19 heavy (non-hydrogen) atoms. The molecule has 0 bridgehead atoms. The van der Waals surface area contributed by atoms with Gasteiger partial charge in [-0.3, -0.25) is 4.79 Å². The molecule has 1 aromatic heterocycles. The Labute approximate surface area is 111 Å². The van der Waals surface area contributed by atoms with Crippen LogP contribution < -0.4 is 0 Å². The van der Waals surface area contributed by atoms with Gasteiger partial charge in [-0.15, -0.1) is 5.10 Å². The Hall–Kier alpha value is -2.24. The number of hydrogen-bond acceptors (Lipinski definition) is 4. The fourth-order valence-corrected chi connectivity index (χ4v) is 2.05. The van der Waals surface area contributed by atoms with Gasteiger partial charge in [-0.2, -0.15) is 0 Å². The summed E-state index contributed by atoms with van der Waals surface area (Å²) in [7, 11) is 0. The molecule has 1 N–H and O–H groups in total. The summed E-state index contributed by atoms with van der Waals surface area (Å²) in [5.74, 6) is -0.246. The first-order valence-corrected chi connectivity index (χ1v) is 6.21. The van der Waals surface area contributed by atoms with E-state index in [-0.39, 0.29) is 12.5 Å². The number of rotatable bonds is 5. The predicted molar refractivity (Wildman–Crippen MR) is 69.6 cm³/mol. The number of carboxylic acids is 1. The van der Waals surface area contributed by atoms with Crippen LogP contribution in [0.25, 0.3) is 11.4 Å². The van der Waals surface area contributed by atoms with Gasteiger partial charge < -0.3 is 5.11 Å². The average Bonchev–Trinajstić information content (AvgIpc) is 2.87. The highest BCUT2D eigenvalue weighted by molar-refractivity contribution is 5.67. The lowest BCUT2D eigenvalue weighted by Crippen LogP contribution is -2.13. The molecule has 1 heterocycles. The second-order valence-corrected chi connectivity index (χ2v) is 4.40. The van der Waals surface area contributed by atoms with Crippen molar-refractivity contribution in [2.75, 3.05) is 0 Å². The highest BCUT2D eigenvalue weighted by Crippen LogP contribution is 2.24. The molecule has 0 saturated heterocycles. The van der Waals surface area contributed by atoms with Crippen molar-refractivity contribution < 1.29 is 9.90 Å². The average molecular weight is 260 g/mol. The van der Waals surface area contributed by atoms with E-state index < -0.39 is 5.97 Å². The molecular formula is C13H16N4O2. The summed E-state index contributed by atoms with van der Waals surface area (Å²) in [4.78, 5) is 10.8. The largest absolute Gasteiger partial charge is 0.481 e. The van der Waals surface area contributed by atoms with E-state index in [0.717, 1.165) is 17.5 Å². The normalized spacial score (nSPS) is 12.3. The van der Waals surface area contributed by atoms with Crippen LogP contribution in [0.4, 0.5) is 0 Å². The lowest BCUT2D eigenvalue weighted by Gasteiger charge is -2.12. The van der Waals surface area contributed by atoms with Crippen molar-refractivity contribution in [2.24, 2.45) is 0 Å². The van der Waals surface area contributed by atoms with Crippen molar-refractivity contribution in [1.29, 1.82) is 0 Å². The lowest BCUT2D eigenvalue weighted by atomic mass is 10.0. The van der Waals surface area contributed by atoms with Crippen LogP contribution in [0.15, 0.2) is 24.3 Å². The molecule has 0 aliphatic heterocycles. The summed E-state index contributed by atoms with van der Waals surface area (Å²) in [6.07, 6.45) is 0.864. The summed E-state index contributed by atoms with van der Waals surface area (Å²) in [6.45, 7) is 3.86. The highest BCUT2D eigenvalue weighted by Gasteiger charge is 2.18. The van der Waals surface area contributed by atoms with E-state index in [1.807, 2.05) is 24.3 Å². The van der Waals surface area contributed by atoms with Crippen molar-refractivity contribution in [1.82, 2.24) is 20.2 Å². The Balaban J connectivity index is 2.41. The Morgan fingerprint density at radius 2 is 2.16 bits per heavy atom. The molecule has 100 valence electrons. The van der Waals surface area contributed by atoms with Crippen molar-refractivity contribution in [3.05, 3.63) is 29.8 Å². The van der Waals surface area contributed by atoms with E-state index in [9.17, 15) is 4.79 Å². The van der Waals surface area contributed by atoms with Crippen LogP contribution in [0.1, 0.15) is 31.9 Å². The summed E-state index contributed by atoms with van der Waals surface area (Å²) in [6, 6.07) is 7.59. The van der Waals surface area contributed by atoms with Gasteiger partial charge in [-0.05, 0) is 29.3 Å². The third-order valence-corrected chi connectivity index (χ3v) is 3.02. The molecule has 0 amide bonds. The van der Waals surface area contributed by atoms with Crippen molar-refractivity contribution in [3.8, 4) is 11.4 Å². The number of aliphatic carboxylic acids is 1.